The van der Waals surface area contributed by atoms with E-state index < -0.39 is 47.3 Å². The van der Waals surface area contributed by atoms with Gasteiger partial charge in [0.25, 0.3) is 0 Å². The van der Waals surface area contributed by atoms with Crippen molar-refractivity contribution in [2.75, 3.05) is 13.7 Å². The zero-order chi connectivity index (χ0) is 17.7. The summed E-state index contributed by atoms with van der Waals surface area (Å²) in [6.45, 7) is -0.454. The van der Waals surface area contributed by atoms with Gasteiger partial charge < -0.3 is 9.47 Å². The van der Waals surface area contributed by atoms with Gasteiger partial charge in [0.05, 0.1) is 18.6 Å². The van der Waals surface area contributed by atoms with Crippen molar-refractivity contribution in [3.63, 3.8) is 0 Å². The number of hydrogen-bond acceptors (Lipinski definition) is 5. The summed E-state index contributed by atoms with van der Waals surface area (Å²) in [6, 6.07) is 0. The largest absolute Gasteiger partial charge is 0.465 e. The molecule has 0 N–H and O–H groups in total. The number of methoxy groups -OCH3 is 1. The van der Waals surface area contributed by atoms with Crippen molar-refractivity contribution in [3.05, 3.63) is 0 Å². The second kappa shape index (κ2) is 8.27. The van der Waals surface area contributed by atoms with Crippen LogP contribution in [0.5, 0.6) is 0 Å². The number of halogens is 4. The van der Waals surface area contributed by atoms with Gasteiger partial charge in [-0.25, -0.2) is 8.42 Å². The van der Waals surface area contributed by atoms with Crippen molar-refractivity contribution >= 4 is 16.7 Å². The van der Waals surface area contributed by atoms with E-state index in [1.54, 1.807) is 7.11 Å². The van der Waals surface area contributed by atoms with E-state index in [-0.39, 0.29) is 12.0 Å². The first-order valence-electron chi connectivity index (χ1n) is 7.21. The molecule has 0 heterocycles. The molecule has 0 aliphatic heterocycles. The van der Waals surface area contributed by atoms with Crippen molar-refractivity contribution < 1.29 is 40.2 Å². The van der Waals surface area contributed by atoms with Gasteiger partial charge in [0.15, 0.2) is 0 Å². The molecule has 0 spiro atoms. The second-order valence-electron chi connectivity index (χ2n) is 5.48. The number of thiol groups is 1. The maximum atomic E-state index is 13.1. The van der Waals surface area contributed by atoms with Gasteiger partial charge in [-0.3, -0.25) is 4.79 Å². The monoisotopic (exact) mass is 364 g/mol. The molecular weight excluding hydrogens is 344 g/mol. The van der Waals surface area contributed by atoms with Gasteiger partial charge in [-0.05, 0) is 32.1 Å². The molecule has 1 aliphatic carbocycles. The minimum atomic E-state index is -5.11. The molecule has 0 aromatic carbocycles. The molecule has 23 heavy (non-hydrogen) atoms. The molecule has 5 nitrogen and oxygen atoms in total. The van der Waals surface area contributed by atoms with Gasteiger partial charge in [-0.15, -0.1) is 0 Å². The van der Waals surface area contributed by atoms with E-state index in [4.69, 9.17) is 9.47 Å². The Labute approximate surface area is 133 Å². The fourth-order valence-corrected chi connectivity index (χ4v) is 2.78. The summed E-state index contributed by atoms with van der Waals surface area (Å²) in [6.07, 6.45) is 0.658. The fourth-order valence-electron chi connectivity index (χ4n) is 2.40. The zero-order valence-electron chi connectivity index (χ0n) is 12.6. The topological polar surface area (TPSA) is 69.7 Å². The molecule has 1 saturated carbocycles. The van der Waals surface area contributed by atoms with Gasteiger partial charge in [0, 0.05) is 13.5 Å². The first-order valence-corrected chi connectivity index (χ1v) is 8.39. The highest BCUT2D eigenvalue weighted by atomic mass is 32.2. The van der Waals surface area contributed by atoms with Crippen molar-refractivity contribution in [2.24, 2.45) is 5.92 Å². The number of alkyl halides is 4. The first-order chi connectivity index (χ1) is 10.6. The van der Waals surface area contributed by atoms with Gasteiger partial charge in [0.2, 0.25) is 10.7 Å². The van der Waals surface area contributed by atoms with Crippen LogP contribution in [-0.2, 0) is 25.0 Å². The Morgan fingerprint density at radius 2 is 1.70 bits per heavy atom. The van der Waals surface area contributed by atoms with Crippen LogP contribution >= 0.6 is 0 Å². The highest BCUT2D eigenvalue weighted by Gasteiger charge is 2.58. The summed E-state index contributed by atoms with van der Waals surface area (Å²) in [7, 11) is -3.01. The van der Waals surface area contributed by atoms with E-state index in [1.807, 2.05) is 0 Å². The number of carbonyl (C=O) groups excluding carboxylic acids is 1. The third-order valence-electron chi connectivity index (χ3n) is 3.89. The highest BCUT2D eigenvalue weighted by Crippen LogP contribution is 2.38. The van der Waals surface area contributed by atoms with E-state index in [0.717, 1.165) is 0 Å². The summed E-state index contributed by atoms with van der Waals surface area (Å²) < 4.78 is 82.2. The van der Waals surface area contributed by atoms with Crippen molar-refractivity contribution in [1.82, 2.24) is 0 Å². The van der Waals surface area contributed by atoms with Gasteiger partial charge >= 0.3 is 17.1 Å². The molecule has 10 heteroatoms. The van der Waals surface area contributed by atoms with Crippen LogP contribution in [-0.4, -0.2) is 45.4 Å². The minimum Gasteiger partial charge on any atom is -0.465 e. The van der Waals surface area contributed by atoms with Crippen LogP contribution in [0.4, 0.5) is 17.6 Å². The van der Waals surface area contributed by atoms with E-state index in [0.29, 0.717) is 25.7 Å². The fraction of sp³-hybridized carbons (Fsp3) is 0.923. The lowest BCUT2D eigenvalue weighted by molar-refractivity contribution is -0.164. The zero-order valence-corrected chi connectivity index (χ0v) is 13.5. The third-order valence-corrected chi connectivity index (χ3v) is 4.68. The number of rotatable bonds is 8. The molecule has 0 bridgehead atoms. The quantitative estimate of drug-likeness (QED) is 0.310. The van der Waals surface area contributed by atoms with E-state index >= 15 is 0 Å². The molecular formula is C13H20F4O5S. The minimum absolute atomic E-state index is 0.0917. The van der Waals surface area contributed by atoms with E-state index in [9.17, 15) is 30.8 Å². The maximum absolute atomic E-state index is 13.1. The van der Waals surface area contributed by atoms with Crippen LogP contribution < -0.4 is 0 Å². The Morgan fingerprint density at radius 1 is 1.13 bits per heavy atom. The Balaban J connectivity index is 2.33. The second-order valence-corrected chi connectivity index (χ2v) is 6.56. The molecule has 136 valence electrons. The molecule has 0 aromatic heterocycles. The molecule has 1 fully saturated rings. The van der Waals surface area contributed by atoms with E-state index in [1.165, 1.54) is 0 Å². The lowest BCUT2D eigenvalue weighted by atomic mass is 9.87. The number of esters is 1. The van der Waals surface area contributed by atoms with Gasteiger partial charge in [-0.2, -0.15) is 17.6 Å². The lowest BCUT2D eigenvalue weighted by Gasteiger charge is -2.26. The normalized spacial score (nSPS) is 23.0. The highest BCUT2D eigenvalue weighted by molar-refractivity contribution is 7.73. The number of ether oxygens (including phenoxy) is 2. The summed E-state index contributed by atoms with van der Waals surface area (Å²) in [5, 5.41) is -5.11. The predicted molar refractivity (Wildman–Crippen MR) is 73.2 cm³/mol. The average Bonchev–Trinajstić information content (AvgIpc) is 2.51. The van der Waals surface area contributed by atoms with Crippen LogP contribution in [0.25, 0.3) is 0 Å². The van der Waals surface area contributed by atoms with E-state index in [2.05, 4.69) is 0 Å². The predicted octanol–water partition coefficient (Wildman–Crippen LogP) is 2.35. The molecule has 0 aromatic rings. The Morgan fingerprint density at radius 3 is 2.17 bits per heavy atom. The van der Waals surface area contributed by atoms with Crippen LogP contribution in [0, 0.1) is 5.92 Å². The van der Waals surface area contributed by atoms with Crippen LogP contribution in [0.15, 0.2) is 0 Å². The molecule has 0 saturated heterocycles. The summed E-state index contributed by atoms with van der Waals surface area (Å²) in [5.74, 6) is -5.59. The molecule has 1 aliphatic rings. The number of hydrogen-bond donors (Lipinski definition) is 1. The van der Waals surface area contributed by atoms with Crippen molar-refractivity contribution in [2.45, 2.75) is 55.8 Å². The molecule has 1 rings (SSSR count). The van der Waals surface area contributed by atoms with Crippen LogP contribution in [0.1, 0.15) is 38.5 Å². The molecule has 0 amide bonds. The number of carbonyl (C=O) groups is 1. The van der Waals surface area contributed by atoms with Crippen molar-refractivity contribution in [3.8, 4) is 0 Å². The third kappa shape index (κ3) is 5.30. The lowest BCUT2D eigenvalue weighted by Crippen LogP contribution is -2.41. The summed E-state index contributed by atoms with van der Waals surface area (Å²) in [4.78, 5) is 11.7. The van der Waals surface area contributed by atoms with Crippen LogP contribution in [0.2, 0.25) is 0 Å². The van der Waals surface area contributed by atoms with Crippen LogP contribution in [0.3, 0.4) is 0 Å². The Bertz CT molecular complexity index is 465. The average molecular weight is 364 g/mol. The smallest absolute Gasteiger partial charge is 0.404 e. The molecule has 0 unspecified atom stereocenters. The Hall–Kier alpha value is -0.900. The van der Waals surface area contributed by atoms with Crippen molar-refractivity contribution in [1.29, 1.82) is 0 Å². The Kier molecular flexibility index (Phi) is 7.25. The van der Waals surface area contributed by atoms with Gasteiger partial charge in [0.1, 0.15) is 0 Å². The summed E-state index contributed by atoms with van der Waals surface area (Å²) in [5.41, 5.74) is 0. The maximum Gasteiger partial charge on any atom is 0.404 e. The summed E-state index contributed by atoms with van der Waals surface area (Å²) >= 11 is 0. The molecule has 0 atom stereocenters. The SMILES string of the molecule is COC1CCC(C(=O)OCCCC(F)(F)C(F)(F)[SH](=O)=O)CC1. The van der Waals surface area contributed by atoms with Gasteiger partial charge in [-0.1, -0.05) is 0 Å². The first kappa shape index (κ1) is 20.1. The standard InChI is InChI=1S/C13H20F4O5S/c1-21-10-5-3-9(4-6-10)11(18)22-8-2-7-12(14,15)13(16,17)23(19)20/h9-10,23H,2-8H2,1H3. The molecule has 0 radical (unpaired) electrons.